The third kappa shape index (κ3) is 6.65. The van der Waals surface area contributed by atoms with Gasteiger partial charge in [0.2, 0.25) is 0 Å². The molecule has 1 aromatic carbocycles. The summed E-state index contributed by atoms with van der Waals surface area (Å²) in [6, 6.07) is 4.27. The molecule has 1 rings (SSSR count). The molecule has 20 heavy (non-hydrogen) atoms. The Labute approximate surface area is 119 Å². The zero-order valence-electron chi connectivity index (χ0n) is 12.1. The molecule has 0 radical (unpaired) electrons. The first-order valence-corrected chi connectivity index (χ1v) is 7.50. The molecule has 0 aliphatic rings. The minimum Gasteiger partial charge on any atom is -0.465 e. The van der Waals surface area contributed by atoms with Gasteiger partial charge in [-0.1, -0.05) is 17.7 Å². The van der Waals surface area contributed by atoms with E-state index in [1.54, 1.807) is 32.9 Å². The molecule has 0 saturated heterocycles. The number of nitrogens with two attached hydrogens (primary N) is 1. The van der Waals surface area contributed by atoms with E-state index in [1.165, 1.54) is 6.07 Å². The molecule has 0 bridgehead atoms. The van der Waals surface area contributed by atoms with E-state index in [2.05, 4.69) is 4.74 Å². The monoisotopic (exact) mass is 303 g/mol. The average molecular weight is 303 g/mol. The first kappa shape index (κ1) is 18.6. The second kappa shape index (κ2) is 7.98. The predicted molar refractivity (Wildman–Crippen MR) is 76.0 cm³/mol. The lowest BCUT2D eigenvalue weighted by molar-refractivity contribution is -0.144. The van der Waals surface area contributed by atoms with Crippen molar-refractivity contribution in [2.45, 2.75) is 38.6 Å². The van der Waals surface area contributed by atoms with Crippen LogP contribution in [0.2, 0.25) is 0 Å². The van der Waals surface area contributed by atoms with Gasteiger partial charge in [-0.2, -0.15) is 8.42 Å². The molecule has 0 amide bonds. The number of benzene rings is 1. The van der Waals surface area contributed by atoms with E-state index in [-0.39, 0.29) is 10.9 Å². The molecule has 1 aromatic rings. The van der Waals surface area contributed by atoms with E-state index < -0.39 is 16.2 Å². The van der Waals surface area contributed by atoms with Crippen LogP contribution in [0.3, 0.4) is 0 Å². The third-order valence-electron chi connectivity index (χ3n) is 2.27. The quantitative estimate of drug-likeness (QED) is 0.646. The molecule has 0 heterocycles. The fourth-order valence-electron chi connectivity index (χ4n) is 1.36. The average Bonchev–Trinajstić information content (AvgIpc) is 2.27. The molecule has 0 fully saturated rings. The van der Waals surface area contributed by atoms with Crippen LogP contribution in [0.4, 0.5) is 0 Å². The van der Waals surface area contributed by atoms with Crippen molar-refractivity contribution in [2.24, 2.45) is 5.73 Å². The van der Waals surface area contributed by atoms with Crippen molar-refractivity contribution in [1.29, 1.82) is 0 Å². The number of rotatable bonds is 3. The second-order valence-electron chi connectivity index (χ2n) is 4.28. The van der Waals surface area contributed by atoms with Crippen molar-refractivity contribution >= 4 is 16.1 Å². The van der Waals surface area contributed by atoms with Gasteiger partial charge in [-0.05, 0) is 39.3 Å². The Morgan fingerprint density at radius 3 is 2.25 bits per heavy atom. The molecule has 3 N–H and O–H groups in total. The zero-order chi connectivity index (χ0) is 15.9. The summed E-state index contributed by atoms with van der Waals surface area (Å²) in [7, 11) is -4.05. The summed E-state index contributed by atoms with van der Waals surface area (Å²) in [5, 5.41) is 0. The molecule has 6 nitrogen and oxygen atoms in total. The molecule has 0 aliphatic heterocycles. The Balaban J connectivity index is 0.000000396. The Hall–Kier alpha value is -1.44. The van der Waals surface area contributed by atoms with Gasteiger partial charge in [0.25, 0.3) is 10.1 Å². The molecular weight excluding hydrogens is 282 g/mol. The number of hydrogen-bond donors (Lipinski definition) is 2. The topological polar surface area (TPSA) is 107 Å². The fourth-order valence-corrected chi connectivity index (χ4v) is 2.07. The molecular formula is C13H21NO5S. The van der Waals surface area contributed by atoms with Gasteiger partial charge in [-0.25, -0.2) is 0 Å². The fraction of sp³-hybridized carbons (Fsp3) is 0.462. The Morgan fingerprint density at radius 1 is 1.40 bits per heavy atom. The molecule has 0 saturated carbocycles. The van der Waals surface area contributed by atoms with Crippen molar-refractivity contribution in [3.63, 3.8) is 0 Å². The SMILES string of the molecule is CCOC(=O)[C@H](C)N.Cc1ccc(S(=O)(=O)O)c(C)c1. The van der Waals surface area contributed by atoms with Crippen LogP contribution in [0.5, 0.6) is 0 Å². The van der Waals surface area contributed by atoms with Crippen molar-refractivity contribution in [3.05, 3.63) is 29.3 Å². The largest absolute Gasteiger partial charge is 0.465 e. The zero-order valence-corrected chi connectivity index (χ0v) is 12.9. The predicted octanol–water partition coefficient (Wildman–Crippen LogP) is 1.45. The van der Waals surface area contributed by atoms with Crippen molar-refractivity contribution < 1.29 is 22.5 Å². The summed E-state index contributed by atoms with van der Waals surface area (Å²) in [6.45, 7) is 7.26. The van der Waals surface area contributed by atoms with Crippen LogP contribution >= 0.6 is 0 Å². The van der Waals surface area contributed by atoms with E-state index in [9.17, 15) is 13.2 Å². The van der Waals surface area contributed by atoms with E-state index in [1.807, 2.05) is 6.92 Å². The Morgan fingerprint density at radius 2 is 1.95 bits per heavy atom. The first-order chi connectivity index (χ1) is 9.09. The van der Waals surface area contributed by atoms with Crippen LogP contribution in [0.1, 0.15) is 25.0 Å². The van der Waals surface area contributed by atoms with Gasteiger partial charge in [0.1, 0.15) is 6.04 Å². The minimum atomic E-state index is -4.05. The van der Waals surface area contributed by atoms with Gasteiger partial charge < -0.3 is 10.5 Å². The van der Waals surface area contributed by atoms with Gasteiger partial charge in [0.15, 0.2) is 0 Å². The summed E-state index contributed by atoms with van der Waals surface area (Å²) in [5.41, 5.74) is 6.69. The number of carbonyl (C=O) groups is 1. The summed E-state index contributed by atoms with van der Waals surface area (Å²) in [6.07, 6.45) is 0. The molecule has 0 unspecified atom stereocenters. The van der Waals surface area contributed by atoms with Crippen LogP contribution in [0.15, 0.2) is 23.1 Å². The van der Waals surface area contributed by atoms with Crippen LogP contribution < -0.4 is 5.73 Å². The molecule has 0 spiro atoms. The Bertz CT molecular complexity index is 552. The molecule has 7 heteroatoms. The van der Waals surface area contributed by atoms with Gasteiger partial charge in [-0.3, -0.25) is 9.35 Å². The van der Waals surface area contributed by atoms with Gasteiger partial charge in [-0.15, -0.1) is 0 Å². The maximum Gasteiger partial charge on any atom is 0.322 e. The standard InChI is InChI=1S/C8H10O3S.C5H11NO2/c1-6-3-4-8(7(2)5-6)12(9,10)11;1-3-8-5(7)4(2)6/h3-5H,1-2H3,(H,9,10,11);4H,3,6H2,1-2H3/t;4-/m.0/s1. The molecule has 0 aliphatic carbocycles. The number of carbonyl (C=O) groups excluding carboxylic acids is 1. The molecule has 1 atom stereocenters. The van der Waals surface area contributed by atoms with Crippen LogP contribution in [0, 0.1) is 13.8 Å². The smallest absolute Gasteiger partial charge is 0.322 e. The first-order valence-electron chi connectivity index (χ1n) is 6.06. The molecule has 0 aromatic heterocycles. The van der Waals surface area contributed by atoms with Crippen molar-refractivity contribution in [1.82, 2.24) is 0 Å². The van der Waals surface area contributed by atoms with Crippen molar-refractivity contribution in [2.75, 3.05) is 6.61 Å². The summed E-state index contributed by atoms with van der Waals surface area (Å²) < 4.78 is 34.7. The highest BCUT2D eigenvalue weighted by Gasteiger charge is 2.11. The lowest BCUT2D eigenvalue weighted by Crippen LogP contribution is -2.28. The highest BCUT2D eigenvalue weighted by Crippen LogP contribution is 2.15. The Kier molecular flexibility index (Phi) is 7.41. The summed E-state index contributed by atoms with van der Waals surface area (Å²) >= 11 is 0. The highest BCUT2D eigenvalue weighted by atomic mass is 32.2. The van der Waals surface area contributed by atoms with E-state index >= 15 is 0 Å². The molecule has 114 valence electrons. The summed E-state index contributed by atoms with van der Waals surface area (Å²) in [4.78, 5) is 10.4. The highest BCUT2D eigenvalue weighted by molar-refractivity contribution is 7.85. The van der Waals surface area contributed by atoms with E-state index in [0.29, 0.717) is 12.2 Å². The number of aryl methyl sites for hydroxylation is 2. The number of ether oxygens (including phenoxy) is 1. The third-order valence-corrected chi connectivity index (χ3v) is 3.28. The van der Waals surface area contributed by atoms with Crippen LogP contribution in [-0.2, 0) is 19.6 Å². The van der Waals surface area contributed by atoms with E-state index in [0.717, 1.165) is 5.56 Å². The summed E-state index contributed by atoms with van der Waals surface area (Å²) in [5.74, 6) is -0.340. The normalized spacial score (nSPS) is 12.1. The number of hydrogen-bond acceptors (Lipinski definition) is 5. The van der Waals surface area contributed by atoms with Gasteiger partial charge in [0, 0.05) is 0 Å². The maximum atomic E-state index is 10.7. The van der Waals surface area contributed by atoms with E-state index in [4.69, 9.17) is 10.3 Å². The van der Waals surface area contributed by atoms with Gasteiger partial charge in [0.05, 0.1) is 11.5 Å². The van der Waals surface area contributed by atoms with Crippen molar-refractivity contribution in [3.8, 4) is 0 Å². The maximum absolute atomic E-state index is 10.7. The lowest BCUT2D eigenvalue weighted by Gasteiger charge is -2.02. The number of esters is 1. The lowest BCUT2D eigenvalue weighted by atomic mass is 10.2. The van der Waals surface area contributed by atoms with Crippen LogP contribution in [0.25, 0.3) is 0 Å². The second-order valence-corrected chi connectivity index (χ2v) is 5.67. The van der Waals surface area contributed by atoms with Gasteiger partial charge >= 0.3 is 5.97 Å². The van der Waals surface area contributed by atoms with Crippen LogP contribution in [-0.4, -0.2) is 31.6 Å². The minimum absolute atomic E-state index is 0.0203.